The van der Waals surface area contributed by atoms with Crippen LogP contribution in [0.1, 0.15) is 44.7 Å². The van der Waals surface area contributed by atoms with E-state index in [0.717, 1.165) is 24.9 Å². The highest BCUT2D eigenvalue weighted by atomic mass is 35.5. The van der Waals surface area contributed by atoms with E-state index < -0.39 is 0 Å². The van der Waals surface area contributed by atoms with Gasteiger partial charge in [0.1, 0.15) is 0 Å². The predicted molar refractivity (Wildman–Crippen MR) is 97.8 cm³/mol. The van der Waals surface area contributed by atoms with Crippen LogP contribution >= 0.6 is 12.4 Å². The lowest BCUT2D eigenvalue weighted by Crippen LogP contribution is -2.50. The van der Waals surface area contributed by atoms with E-state index >= 15 is 0 Å². The van der Waals surface area contributed by atoms with Gasteiger partial charge in [0.15, 0.2) is 0 Å². The molecule has 1 heterocycles. The summed E-state index contributed by atoms with van der Waals surface area (Å²) in [5.74, 6) is 0.539. The number of benzene rings is 1. The Kier molecular flexibility index (Phi) is 8.22. The first-order valence-electron chi connectivity index (χ1n) is 8.32. The molecule has 6 heteroatoms. The first kappa shape index (κ1) is 20.5. The van der Waals surface area contributed by atoms with Crippen molar-refractivity contribution in [3.8, 4) is 0 Å². The minimum atomic E-state index is -0.293. The number of nitrogens with one attached hydrogen (secondary N) is 1. The van der Waals surface area contributed by atoms with Crippen molar-refractivity contribution < 1.29 is 9.59 Å². The molecule has 134 valence electrons. The number of likely N-dealkylation sites (tertiary alicyclic amines) is 1. The zero-order chi connectivity index (χ0) is 16.8. The van der Waals surface area contributed by atoms with Crippen molar-refractivity contribution in [1.29, 1.82) is 0 Å². The van der Waals surface area contributed by atoms with Gasteiger partial charge in [0, 0.05) is 26.1 Å². The van der Waals surface area contributed by atoms with E-state index in [4.69, 9.17) is 5.73 Å². The molecule has 3 unspecified atom stereocenters. The normalized spacial score (nSPS) is 21.5. The van der Waals surface area contributed by atoms with Crippen molar-refractivity contribution >= 4 is 24.2 Å². The van der Waals surface area contributed by atoms with Gasteiger partial charge in [-0.05, 0) is 24.3 Å². The molecule has 1 saturated heterocycles. The Hall–Kier alpha value is -1.59. The van der Waals surface area contributed by atoms with Gasteiger partial charge < -0.3 is 16.0 Å². The number of halogens is 1. The first-order chi connectivity index (χ1) is 11.0. The third-order valence-electron chi connectivity index (χ3n) is 4.53. The maximum absolute atomic E-state index is 12.8. The SMILES string of the molecule is CC(=O)NC(CC(=O)N1CCC(C)CC1CN)c1ccccc1.Cl. The van der Waals surface area contributed by atoms with E-state index in [1.165, 1.54) is 6.92 Å². The molecule has 3 atom stereocenters. The summed E-state index contributed by atoms with van der Waals surface area (Å²) in [5.41, 5.74) is 6.80. The van der Waals surface area contributed by atoms with E-state index in [0.29, 0.717) is 12.5 Å². The van der Waals surface area contributed by atoms with Crippen molar-refractivity contribution in [3.63, 3.8) is 0 Å². The van der Waals surface area contributed by atoms with Gasteiger partial charge in [0.05, 0.1) is 12.5 Å². The minimum absolute atomic E-state index is 0. The second kappa shape index (κ2) is 9.64. The van der Waals surface area contributed by atoms with Crippen LogP contribution in [-0.4, -0.2) is 35.8 Å². The van der Waals surface area contributed by atoms with Gasteiger partial charge in [0.2, 0.25) is 11.8 Å². The van der Waals surface area contributed by atoms with Gasteiger partial charge >= 0.3 is 0 Å². The Morgan fingerprint density at radius 3 is 2.58 bits per heavy atom. The maximum atomic E-state index is 12.8. The second-order valence-corrected chi connectivity index (χ2v) is 6.47. The molecule has 24 heavy (non-hydrogen) atoms. The van der Waals surface area contributed by atoms with E-state index in [-0.39, 0.29) is 42.7 Å². The van der Waals surface area contributed by atoms with Crippen molar-refractivity contribution in [1.82, 2.24) is 10.2 Å². The number of hydrogen-bond acceptors (Lipinski definition) is 3. The number of rotatable bonds is 5. The van der Waals surface area contributed by atoms with E-state index in [9.17, 15) is 9.59 Å². The lowest BCUT2D eigenvalue weighted by Gasteiger charge is -2.38. The fourth-order valence-corrected chi connectivity index (χ4v) is 3.28. The molecule has 0 saturated carbocycles. The fourth-order valence-electron chi connectivity index (χ4n) is 3.28. The second-order valence-electron chi connectivity index (χ2n) is 6.47. The third kappa shape index (κ3) is 5.49. The van der Waals surface area contributed by atoms with Gasteiger partial charge in [-0.2, -0.15) is 0 Å². The first-order valence-corrected chi connectivity index (χ1v) is 8.32. The van der Waals surface area contributed by atoms with Crippen LogP contribution < -0.4 is 11.1 Å². The highest BCUT2D eigenvalue weighted by Crippen LogP contribution is 2.25. The molecule has 0 aromatic heterocycles. The van der Waals surface area contributed by atoms with Crippen LogP contribution in [0.5, 0.6) is 0 Å². The summed E-state index contributed by atoms with van der Waals surface area (Å²) < 4.78 is 0. The summed E-state index contributed by atoms with van der Waals surface area (Å²) in [6.45, 7) is 4.93. The van der Waals surface area contributed by atoms with Crippen LogP contribution in [0.3, 0.4) is 0 Å². The van der Waals surface area contributed by atoms with Crippen LogP contribution in [0.2, 0.25) is 0 Å². The van der Waals surface area contributed by atoms with Gasteiger partial charge in [0.25, 0.3) is 0 Å². The number of carbonyl (C=O) groups excluding carboxylic acids is 2. The summed E-state index contributed by atoms with van der Waals surface area (Å²) in [6, 6.07) is 9.45. The number of piperidine rings is 1. The van der Waals surface area contributed by atoms with Crippen LogP contribution in [0.15, 0.2) is 30.3 Å². The van der Waals surface area contributed by atoms with Gasteiger partial charge in [-0.25, -0.2) is 0 Å². The zero-order valence-corrected chi connectivity index (χ0v) is 15.2. The van der Waals surface area contributed by atoms with Gasteiger partial charge in [-0.1, -0.05) is 37.3 Å². The molecular weight excluding hydrogens is 326 g/mol. The number of nitrogens with two attached hydrogens (primary N) is 1. The average molecular weight is 354 g/mol. The predicted octanol–water partition coefficient (Wildman–Crippen LogP) is 2.26. The standard InChI is InChI=1S/C18H27N3O2.ClH/c1-13-8-9-21(16(10-13)12-19)18(23)11-17(20-14(2)22)15-6-4-3-5-7-15;/h3-7,13,16-17H,8-12,19H2,1-2H3,(H,20,22);1H. The number of amides is 2. The summed E-state index contributed by atoms with van der Waals surface area (Å²) >= 11 is 0. The molecule has 1 aromatic rings. The van der Waals surface area contributed by atoms with Gasteiger partial charge in [-0.3, -0.25) is 9.59 Å². The molecule has 1 fully saturated rings. The van der Waals surface area contributed by atoms with E-state index in [1.54, 1.807) is 0 Å². The molecule has 1 aliphatic rings. The lowest BCUT2D eigenvalue weighted by molar-refractivity contribution is -0.136. The molecule has 5 nitrogen and oxygen atoms in total. The molecule has 1 aliphatic heterocycles. The monoisotopic (exact) mass is 353 g/mol. The fraction of sp³-hybridized carbons (Fsp3) is 0.556. The Labute approximate surface area is 150 Å². The van der Waals surface area contributed by atoms with E-state index in [1.807, 2.05) is 35.2 Å². The lowest BCUT2D eigenvalue weighted by atomic mass is 9.91. The molecule has 0 radical (unpaired) electrons. The molecular formula is C18H28ClN3O2. The van der Waals surface area contributed by atoms with Crippen LogP contribution in [0.4, 0.5) is 0 Å². The van der Waals surface area contributed by atoms with Crippen LogP contribution in [0.25, 0.3) is 0 Å². The van der Waals surface area contributed by atoms with Gasteiger partial charge in [-0.15, -0.1) is 12.4 Å². The molecule has 2 amide bonds. The van der Waals surface area contributed by atoms with Crippen molar-refractivity contribution in [2.24, 2.45) is 11.7 Å². The Balaban J connectivity index is 0.00000288. The van der Waals surface area contributed by atoms with Crippen LogP contribution in [-0.2, 0) is 9.59 Å². The minimum Gasteiger partial charge on any atom is -0.349 e. The Morgan fingerprint density at radius 2 is 2.00 bits per heavy atom. The summed E-state index contributed by atoms with van der Waals surface area (Å²) in [6.07, 6.45) is 2.24. The summed E-state index contributed by atoms with van der Waals surface area (Å²) in [5, 5.41) is 2.89. The third-order valence-corrected chi connectivity index (χ3v) is 4.53. The number of hydrogen-bond donors (Lipinski definition) is 2. The maximum Gasteiger partial charge on any atom is 0.225 e. The van der Waals surface area contributed by atoms with Crippen LogP contribution in [0, 0.1) is 5.92 Å². The Morgan fingerprint density at radius 1 is 1.33 bits per heavy atom. The highest BCUT2D eigenvalue weighted by molar-refractivity contribution is 5.85. The highest BCUT2D eigenvalue weighted by Gasteiger charge is 2.30. The summed E-state index contributed by atoms with van der Waals surface area (Å²) in [4.78, 5) is 26.2. The molecule has 0 spiro atoms. The number of nitrogens with zero attached hydrogens (tertiary/aromatic N) is 1. The van der Waals surface area contributed by atoms with Crippen molar-refractivity contribution in [2.45, 2.75) is 45.2 Å². The smallest absolute Gasteiger partial charge is 0.225 e. The average Bonchev–Trinajstić information content (AvgIpc) is 2.54. The topological polar surface area (TPSA) is 75.4 Å². The molecule has 0 bridgehead atoms. The largest absolute Gasteiger partial charge is 0.349 e. The summed E-state index contributed by atoms with van der Waals surface area (Å²) in [7, 11) is 0. The van der Waals surface area contributed by atoms with Crippen molar-refractivity contribution in [3.05, 3.63) is 35.9 Å². The molecule has 3 N–H and O–H groups in total. The van der Waals surface area contributed by atoms with Crippen molar-refractivity contribution in [2.75, 3.05) is 13.1 Å². The zero-order valence-electron chi connectivity index (χ0n) is 14.4. The number of carbonyl (C=O) groups is 2. The van der Waals surface area contributed by atoms with E-state index in [2.05, 4.69) is 12.2 Å². The molecule has 1 aromatic carbocycles. The molecule has 0 aliphatic carbocycles. The molecule has 2 rings (SSSR count). The Bertz CT molecular complexity index is 538. The quantitative estimate of drug-likeness (QED) is 0.852.